The molecule has 0 aromatic carbocycles. The van der Waals surface area contributed by atoms with Crippen LogP contribution in [0, 0.1) is 0 Å². The number of aliphatic hydroxyl groups excluding tert-OH is 1. The van der Waals surface area contributed by atoms with Gasteiger partial charge in [0.05, 0.1) is 25.9 Å². The van der Waals surface area contributed by atoms with Gasteiger partial charge >= 0.3 is 6.03 Å². The van der Waals surface area contributed by atoms with Gasteiger partial charge in [-0.05, 0) is 11.4 Å². The van der Waals surface area contributed by atoms with Crippen molar-refractivity contribution in [2.75, 3.05) is 26.7 Å². The standard InChI is InChI=1S/C12H16N2O4S/c1-13-6-11(16)14(12(13)17)5-9(15)7-18-8-10-3-2-4-19-10/h2-4,9,15H,5-8H2,1H3. The maximum atomic E-state index is 11.6. The van der Waals surface area contributed by atoms with Gasteiger partial charge in [0.15, 0.2) is 0 Å². The molecule has 1 unspecified atom stereocenters. The van der Waals surface area contributed by atoms with Crippen LogP contribution in [0.1, 0.15) is 4.88 Å². The number of likely N-dealkylation sites (N-methyl/N-ethyl adjacent to an activating group) is 1. The first-order chi connectivity index (χ1) is 9.08. The van der Waals surface area contributed by atoms with E-state index in [9.17, 15) is 14.7 Å². The van der Waals surface area contributed by atoms with Crippen molar-refractivity contribution in [3.05, 3.63) is 22.4 Å². The third kappa shape index (κ3) is 3.52. The van der Waals surface area contributed by atoms with E-state index >= 15 is 0 Å². The van der Waals surface area contributed by atoms with Gasteiger partial charge in [0.2, 0.25) is 5.91 Å². The molecule has 1 aromatic heterocycles. The van der Waals surface area contributed by atoms with Crippen LogP contribution in [-0.2, 0) is 16.1 Å². The summed E-state index contributed by atoms with van der Waals surface area (Å²) in [6.07, 6.45) is -0.862. The summed E-state index contributed by atoms with van der Waals surface area (Å²) in [6, 6.07) is 3.50. The Hall–Kier alpha value is -1.44. The van der Waals surface area contributed by atoms with E-state index in [1.54, 1.807) is 18.4 Å². The topological polar surface area (TPSA) is 70.1 Å². The van der Waals surface area contributed by atoms with Crippen LogP contribution >= 0.6 is 11.3 Å². The maximum absolute atomic E-state index is 11.6. The molecule has 0 bridgehead atoms. The number of hydrogen-bond donors (Lipinski definition) is 1. The lowest BCUT2D eigenvalue weighted by Gasteiger charge is -2.18. The summed E-state index contributed by atoms with van der Waals surface area (Å²) in [4.78, 5) is 26.5. The average molecular weight is 284 g/mol. The molecular formula is C12H16N2O4S. The van der Waals surface area contributed by atoms with Crippen LogP contribution in [-0.4, -0.2) is 59.7 Å². The number of aliphatic hydroxyl groups is 1. The first-order valence-corrected chi connectivity index (χ1v) is 6.79. The highest BCUT2D eigenvalue weighted by Crippen LogP contribution is 2.11. The van der Waals surface area contributed by atoms with Gasteiger partial charge in [0.1, 0.15) is 6.54 Å². The molecule has 3 amide bonds. The van der Waals surface area contributed by atoms with E-state index in [2.05, 4.69) is 0 Å². The Morgan fingerprint density at radius 3 is 2.89 bits per heavy atom. The fraction of sp³-hybridized carbons (Fsp3) is 0.500. The van der Waals surface area contributed by atoms with E-state index in [0.29, 0.717) is 6.61 Å². The van der Waals surface area contributed by atoms with Gasteiger partial charge in [-0.15, -0.1) is 11.3 Å². The van der Waals surface area contributed by atoms with Crippen molar-refractivity contribution in [3.8, 4) is 0 Å². The molecular weight excluding hydrogens is 268 g/mol. The highest BCUT2D eigenvalue weighted by molar-refractivity contribution is 7.09. The first kappa shape index (κ1) is 14.0. The van der Waals surface area contributed by atoms with Crippen molar-refractivity contribution in [2.24, 2.45) is 0 Å². The molecule has 6 nitrogen and oxygen atoms in total. The maximum Gasteiger partial charge on any atom is 0.327 e. The third-order valence-corrected chi connectivity index (χ3v) is 3.61. The number of hydrogen-bond acceptors (Lipinski definition) is 5. The molecule has 1 N–H and O–H groups in total. The molecule has 104 valence electrons. The molecule has 0 saturated carbocycles. The number of thiophene rings is 1. The number of imide groups is 1. The van der Waals surface area contributed by atoms with E-state index in [1.807, 2.05) is 17.5 Å². The van der Waals surface area contributed by atoms with Gasteiger partial charge in [0, 0.05) is 11.9 Å². The molecule has 2 rings (SSSR count). The van der Waals surface area contributed by atoms with E-state index < -0.39 is 6.10 Å². The van der Waals surface area contributed by atoms with Crippen molar-refractivity contribution >= 4 is 23.3 Å². The van der Waals surface area contributed by atoms with Crippen molar-refractivity contribution in [1.82, 2.24) is 9.80 Å². The summed E-state index contributed by atoms with van der Waals surface area (Å²) in [5.74, 6) is -0.287. The Morgan fingerprint density at radius 2 is 2.32 bits per heavy atom. The Bertz CT molecular complexity index is 449. The summed E-state index contributed by atoms with van der Waals surface area (Å²) in [5.41, 5.74) is 0. The van der Waals surface area contributed by atoms with Crippen LogP contribution in [0.25, 0.3) is 0 Å². The van der Waals surface area contributed by atoms with Gasteiger partial charge in [-0.25, -0.2) is 4.79 Å². The lowest BCUT2D eigenvalue weighted by Crippen LogP contribution is -2.39. The highest BCUT2D eigenvalue weighted by atomic mass is 32.1. The predicted molar refractivity (Wildman–Crippen MR) is 69.7 cm³/mol. The van der Waals surface area contributed by atoms with Gasteiger partial charge in [0.25, 0.3) is 0 Å². The van der Waals surface area contributed by atoms with Crippen molar-refractivity contribution in [2.45, 2.75) is 12.7 Å². The van der Waals surface area contributed by atoms with Crippen LogP contribution < -0.4 is 0 Å². The molecule has 1 fully saturated rings. The lowest BCUT2D eigenvalue weighted by atomic mass is 10.3. The number of carbonyl (C=O) groups excluding carboxylic acids is 2. The number of rotatable bonds is 6. The summed E-state index contributed by atoms with van der Waals surface area (Å²) in [7, 11) is 1.56. The zero-order chi connectivity index (χ0) is 13.8. The van der Waals surface area contributed by atoms with E-state index in [0.717, 1.165) is 9.78 Å². The van der Waals surface area contributed by atoms with Crippen molar-refractivity contribution in [3.63, 3.8) is 0 Å². The first-order valence-electron chi connectivity index (χ1n) is 5.91. The Balaban J connectivity index is 1.73. The second kappa shape index (κ2) is 6.14. The van der Waals surface area contributed by atoms with Crippen molar-refractivity contribution < 1.29 is 19.4 Å². The fourth-order valence-corrected chi connectivity index (χ4v) is 2.44. The monoisotopic (exact) mass is 284 g/mol. The van der Waals surface area contributed by atoms with E-state index in [1.165, 1.54) is 4.90 Å². The smallest absolute Gasteiger partial charge is 0.327 e. The van der Waals surface area contributed by atoms with E-state index in [-0.39, 0.29) is 31.6 Å². The number of ether oxygens (including phenoxy) is 1. The second-order valence-corrected chi connectivity index (χ2v) is 5.42. The molecule has 1 saturated heterocycles. The zero-order valence-electron chi connectivity index (χ0n) is 10.6. The Labute approximate surface area is 115 Å². The average Bonchev–Trinajstić information content (AvgIpc) is 2.94. The Morgan fingerprint density at radius 1 is 1.53 bits per heavy atom. The summed E-state index contributed by atoms with van der Waals surface area (Å²) < 4.78 is 5.34. The molecule has 0 radical (unpaired) electrons. The largest absolute Gasteiger partial charge is 0.389 e. The molecule has 1 aliphatic heterocycles. The van der Waals surface area contributed by atoms with Crippen LogP contribution in [0.4, 0.5) is 4.79 Å². The molecule has 1 atom stereocenters. The number of amides is 3. The summed E-state index contributed by atoms with van der Waals surface area (Å²) in [5, 5.41) is 11.7. The van der Waals surface area contributed by atoms with Gasteiger partial charge < -0.3 is 14.7 Å². The van der Waals surface area contributed by atoms with Crippen LogP contribution in [0.2, 0.25) is 0 Å². The lowest BCUT2D eigenvalue weighted by molar-refractivity contribution is -0.126. The van der Waals surface area contributed by atoms with Gasteiger partial charge in [-0.3, -0.25) is 9.69 Å². The highest BCUT2D eigenvalue weighted by Gasteiger charge is 2.34. The van der Waals surface area contributed by atoms with Gasteiger partial charge in [-0.1, -0.05) is 6.07 Å². The second-order valence-electron chi connectivity index (χ2n) is 4.39. The van der Waals surface area contributed by atoms with Gasteiger partial charge in [-0.2, -0.15) is 0 Å². The van der Waals surface area contributed by atoms with Crippen LogP contribution in [0.5, 0.6) is 0 Å². The van der Waals surface area contributed by atoms with Crippen molar-refractivity contribution in [1.29, 1.82) is 0 Å². The SMILES string of the molecule is CN1CC(=O)N(CC(O)COCc2cccs2)C1=O. The zero-order valence-corrected chi connectivity index (χ0v) is 11.4. The minimum absolute atomic E-state index is 0.0214. The van der Waals surface area contributed by atoms with Crippen LogP contribution in [0.3, 0.4) is 0 Å². The molecule has 7 heteroatoms. The summed E-state index contributed by atoms with van der Waals surface area (Å²) >= 11 is 1.58. The minimum atomic E-state index is -0.862. The Kier molecular flexibility index (Phi) is 4.52. The molecule has 0 spiro atoms. The minimum Gasteiger partial charge on any atom is -0.389 e. The molecule has 1 aliphatic rings. The number of β-amino-alcohol motifs (C(OH)–C–C–N with tert-alkyl or cyclic N) is 1. The quantitative estimate of drug-likeness (QED) is 0.773. The molecule has 0 aliphatic carbocycles. The summed E-state index contributed by atoms with van der Waals surface area (Å²) in [6.45, 7) is 0.573. The fourth-order valence-electron chi connectivity index (χ4n) is 1.80. The normalized spacial score (nSPS) is 17.4. The number of nitrogens with zero attached hydrogens (tertiary/aromatic N) is 2. The number of urea groups is 1. The molecule has 19 heavy (non-hydrogen) atoms. The third-order valence-electron chi connectivity index (χ3n) is 2.76. The predicted octanol–water partition coefficient (Wildman–Crippen LogP) is 0.520. The molecule has 2 heterocycles. The van der Waals surface area contributed by atoms with E-state index in [4.69, 9.17) is 4.74 Å². The van der Waals surface area contributed by atoms with Crippen LogP contribution in [0.15, 0.2) is 17.5 Å². The molecule has 1 aromatic rings. The number of carbonyl (C=O) groups is 2.